The van der Waals surface area contributed by atoms with Crippen LogP contribution in [0.5, 0.6) is 0 Å². The van der Waals surface area contributed by atoms with Gasteiger partial charge in [-0.25, -0.2) is 0 Å². The molecule has 3 amide bonds. The van der Waals surface area contributed by atoms with E-state index in [0.29, 0.717) is 43.8 Å². The van der Waals surface area contributed by atoms with Crippen molar-refractivity contribution in [2.24, 2.45) is 45.7 Å². The molecule has 0 saturated heterocycles. The lowest BCUT2D eigenvalue weighted by Gasteiger charge is -2.36. The molecule has 2 atom stereocenters. The predicted octanol–water partition coefficient (Wildman–Crippen LogP) is 2.14. The lowest BCUT2D eigenvalue weighted by molar-refractivity contribution is -0.142. The molecular formula is C31H50N8O3. The number of hydrogen-bond donors (Lipinski definition) is 6. The zero-order valence-corrected chi connectivity index (χ0v) is 24.9. The molecule has 232 valence electrons. The van der Waals surface area contributed by atoms with Crippen LogP contribution in [-0.2, 0) is 20.8 Å². The summed E-state index contributed by atoms with van der Waals surface area (Å²) in [7, 11) is 0. The van der Waals surface area contributed by atoms with Crippen molar-refractivity contribution in [3.63, 3.8) is 0 Å². The van der Waals surface area contributed by atoms with Crippen LogP contribution in [0.25, 0.3) is 0 Å². The van der Waals surface area contributed by atoms with Gasteiger partial charge in [0.15, 0.2) is 5.96 Å². The molecule has 0 heterocycles. The van der Waals surface area contributed by atoms with Crippen LogP contribution >= 0.6 is 0 Å². The number of amidine groups is 1. The highest BCUT2D eigenvalue weighted by molar-refractivity contribution is 5.95. The van der Waals surface area contributed by atoms with Gasteiger partial charge in [-0.2, -0.15) is 0 Å². The third-order valence-corrected chi connectivity index (χ3v) is 8.73. The van der Waals surface area contributed by atoms with Gasteiger partial charge in [-0.05, 0) is 62.3 Å². The molecule has 2 fully saturated rings. The molecule has 0 aromatic heterocycles. The minimum Gasteiger partial charge on any atom is -0.384 e. The van der Waals surface area contributed by atoms with E-state index < -0.39 is 17.9 Å². The highest BCUT2D eigenvalue weighted by atomic mass is 16.2. The summed E-state index contributed by atoms with van der Waals surface area (Å²) in [5.74, 6) is -0.706. The molecule has 42 heavy (non-hydrogen) atoms. The first-order valence-electron chi connectivity index (χ1n) is 15.5. The van der Waals surface area contributed by atoms with Crippen molar-refractivity contribution in [1.82, 2.24) is 10.2 Å². The van der Waals surface area contributed by atoms with Gasteiger partial charge in [-0.3, -0.25) is 24.8 Å². The van der Waals surface area contributed by atoms with Crippen LogP contribution in [0.15, 0.2) is 29.3 Å². The first-order chi connectivity index (χ1) is 20.1. The number of rotatable bonds is 15. The Morgan fingerprint density at radius 1 is 0.929 bits per heavy atom. The number of nitrogens with zero attached hydrogens (tertiary/aromatic N) is 2. The summed E-state index contributed by atoms with van der Waals surface area (Å²) in [6.45, 7) is 0.745. The summed E-state index contributed by atoms with van der Waals surface area (Å²) >= 11 is 0. The summed E-state index contributed by atoms with van der Waals surface area (Å²) < 4.78 is 0. The van der Waals surface area contributed by atoms with Gasteiger partial charge in [-0.1, -0.05) is 62.8 Å². The Bertz CT molecular complexity index is 1070. The van der Waals surface area contributed by atoms with Crippen molar-refractivity contribution < 1.29 is 14.4 Å². The summed E-state index contributed by atoms with van der Waals surface area (Å²) in [6, 6.07) is 6.66. The predicted molar refractivity (Wildman–Crippen MR) is 165 cm³/mol. The fourth-order valence-corrected chi connectivity index (χ4v) is 6.42. The van der Waals surface area contributed by atoms with Crippen molar-refractivity contribution >= 4 is 29.5 Å². The van der Waals surface area contributed by atoms with E-state index in [2.05, 4.69) is 10.3 Å². The zero-order valence-electron chi connectivity index (χ0n) is 24.9. The maximum absolute atomic E-state index is 14.4. The van der Waals surface area contributed by atoms with Gasteiger partial charge in [0.05, 0.1) is 6.54 Å². The van der Waals surface area contributed by atoms with Crippen molar-refractivity contribution in [2.75, 3.05) is 19.6 Å². The quantitative estimate of drug-likeness (QED) is 0.104. The van der Waals surface area contributed by atoms with Crippen molar-refractivity contribution in [3.8, 4) is 0 Å². The SMILES string of the molecule is N=C(N)c1ccc(C[C@H](C(=O)N(CC(=O)NC(CCCN=C(N)N)C(N)=O)CC2CCCCC2)C2CCCCC2)cc1. The Balaban J connectivity index is 1.78. The smallest absolute Gasteiger partial charge is 0.240 e. The first-order valence-corrected chi connectivity index (χ1v) is 15.5. The number of aliphatic imine (C=N–C) groups is 1. The molecule has 1 aromatic rings. The number of nitrogens with two attached hydrogens (primary N) is 4. The standard InChI is InChI=1S/C31H50N8O3/c32-28(33)24-15-13-21(14-16-24)18-25(23-10-5-2-6-11-23)30(42)39(19-22-8-3-1-4-9-22)20-27(40)38-26(29(34)41)12-7-17-37-31(35)36/h13-16,22-23,25-26H,1-12,17-20H2,(H3,32,33)(H2,34,41)(H,38,40)(H4,35,36,37)/t25-,26?/m0/s1. The van der Waals surface area contributed by atoms with Crippen LogP contribution in [-0.4, -0.2) is 60.1 Å². The Labute approximate surface area is 249 Å². The third-order valence-electron chi connectivity index (χ3n) is 8.73. The molecule has 11 nitrogen and oxygen atoms in total. The number of benzene rings is 1. The second-order valence-corrected chi connectivity index (χ2v) is 12.0. The molecule has 11 heteroatoms. The van der Waals surface area contributed by atoms with Crippen LogP contribution in [0.2, 0.25) is 0 Å². The number of nitrogens with one attached hydrogen (secondary N) is 2. The molecule has 0 radical (unpaired) electrons. The first kappa shape index (κ1) is 32.9. The maximum atomic E-state index is 14.4. The van der Waals surface area contributed by atoms with Gasteiger partial charge in [0.25, 0.3) is 0 Å². The van der Waals surface area contributed by atoms with Crippen molar-refractivity contribution in [2.45, 2.75) is 89.5 Å². The van der Waals surface area contributed by atoms with E-state index in [4.69, 9.17) is 28.3 Å². The van der Waals surface area contributed by atoms with Crippen LogP contribution in [0.1, 0.15) is 88.2 Å². The number of guanidine groups is 1. The Hall–Kier alpha value is -3.63. The van der Waals surface area contributed by atoms with Gasteiger partial charge >= 0.3 is 0 Å². The number of nitrogen functional groups attached to an aromatic ring is 1. The van der Waals surface area contributed by atoms with Gasteiger partial charge in [0, 0.05) is 24.6 Å². The van der Waals surface area contributed by atoms with Crippen LogP contribution in [0.4, 0.5) is 0 Å². The average molecular weight is 583 g/mol. The number of amides is 3. The highest BCUT2D eigenvalue weighted by Crippen LogP contribution is 2.34. The van der Waals surface area contributed by atoms with Crippen molar-refractivity contribution in [3.05, 3.63) is 35.4 Å². The summed E-state index contributed by atoms with van der Waals surface area (Å²) in [6.07, 6.45) is 12.2. The number of hydrogen-bond acceptors (Lipinski definition) is 5. The van der Waals surface area contributed by atoms with E-state index >= 15 is 0 Å². The maximum Gasteiger partial charge on any atom is 0.240 e. The molecule has 1 unspecified atom stereocenters. The molecule has 0 spiro atoms. The van der Waals surface area contributed by atoms with Gasteiger partial charge in [0.2, 0.25) is 17.7 Å². The zero-order chi connectivity index (χ0) is 30.5. The van der Waals surface area contributed by atoms with Crippen LogP contribution < -0.4 is 28.3 Å². The monoisotopic (exact) mass is 582 g/mol. The second-order valence-electron chi connectivity index (χ2n) is 12.0. The number of primary amides is 1. The minimum absolute atomic E-state index is 0.00153. The van der Waals surface area contributed by atoms with Crippen LogP contribution in [0.3, 0.4) is 0 Å². The molecule has 2 saturated carbocycles. The fraction of sp³-hybridized carbons (Fsp3) is 0.645. The molecule has 0 bridgehead atoms. The minimum atomic E-state index is -0.868. The van der Waals surface area contributed by atoms with Gasteiger partial charge < -0.3 is 33.2 Å². The van der Waals surface area contributed by atoms with Crippen LogP contribution in [0, 0.1) is 23.2 Å². The molecule has 1 aromatic carbocycles. The number of carbonyl (C=O) groups excluding carboxylic acids is 3. The molecule has 2 aliphatic carbocycles. The molecule has 10 N–H and O–H groups in total. The summed E-state index contributed by atoms with van der Waals surface area (Å²) in [5.41, 5.74) is 23.6. The number of carbonyl (C=O) groups is 3. The van der Waals surface area contributed by atoms with Gasteiger partial charge in [-0.15, -0.1) is 0 Å². The third kappa shape index (κ3) is 10.6. The average Bonchev–Trinajstić information content (AvgIpc) is 2.97. The van der Waals surface area contributed by atoms with E-state index in [9.17, 15) is 14.4 Å². The molecular weight excluding hydrogens is 532 g/mol. The largest absolute Gasteiger partial charge is 0.384 e. The molecule has 0 aliphatic heterocycles. The topological polar surface area (TPSA) is 207 Å². The van der Waals surface area contributed by atoms with E-state index in [1.807, 2.05) is 24.3 Å². The van der Waals surface area contributed by atoms with E-state index in [1.165, 1.54) is 12.8 Å². The van der Waals surface area contributed by atoms with E-state index in [0.717, 1.165) is 56.9 Å². The van der Waals surface area contributed by atoms with E-state index in [-0.39, 0.29) is 36.1 Å². The summed E-state index contributed by atoms with van der Waals surface area (Å²) in [4.78, 5) is 45.5. The summed E-state index contributed by atoms with van der Waals surface area (Å²) in [5, 5.41) is 10.5. The molecule has 3 rings (SSSR count). The second kappa shape index (κ2) is 16.7. The normalized spacial score (nSPS) is 17.5. The highest BCUT2D eigenvalue weighted by Gasteiger charge is 2.35. The Morgan fingerprint density at radius 3 is 2.12 bits per heavy atom. The lowest BCUT2D eigenvalue weighted by Crippen LogP contribution is -2.51. The Morgan fingerprint density at radius 2 is 1.55 bits per heavy atom. The molecule has 2 aliphatic rings. The Kier molecular flexibility index (Phi) is 13.1. The lowest BCUT2D eigenvalue weighted by atomic mass is 9.76. The fourth-order valence-electron chi connectivity index (χ4n) is 6.42. The van der Waals surface area contributed by atoms with E-state index in [1.54, 1.807) is 4.90 Å². The van der Waals surface area contributed by atoms with Crippen molar-refractivity contribution in [1.29, 1.82) is 5.41 Å². The van der Waals surface area contributed by atoms with Gasteiger partial charge in [0.1, 0.15) is 11.9 Å².